The third-order valence-corrected chi connectivity index (χ3v) is 10.9. The second-order valence-electron chi connectivity index (χ2n) is 11.6. The van der Waals surface area contributed by atoms with Gasteiger partial charge in [0.15, 0.2) is 5.75 Å². The molecule has 0 fully saturated rings. The van der Waals surface area contributed by atoms with Crippen molar-refractivity contribution in [3.8, 4) is 34.1 Å². The molecule has 0 aliphatic rings. The molecule has 6 rings (SSSR count). The van der Waals surface area contributed by atoms with E-state index in [2.05, 4.69) is 26.5 Å². The van der Waals surface area contributed by atoms with Gasteiger partial charge in [0.05, 0.1) is 51.0 Å². The Hall–Kier alpha value is -2.43. The summed E-state index contributed by atoms with van der Waals surface area (Å²) in [4.78, 5) is -2.93. The molecule has 0 spiro atoms. The van der Waals surface area contributed by atoms with Crippen molar-refractivity contribution < 1.29 is 177 Å². The maximum atomic E-state index is 11.9. The van der Waals surface area contributed by atoms with Crippen molar-refractivity contribution in [1.29, 1.82) is 0 Å². The number of methoxy groups -OCH3 is 2. The van der Waals surface area contributed by atoms with E-state index in [-0.39, 0.29) is 169 Å². The average Bonchev–Trinajstić information content (AvgIpc) is 3.12. The topological polar surface area (TPSA) is 332 Å². The monoisotopic (exact) mass is 912 g/mol. The summed E-state index contributed by atoms with van der Waals surface area (Å²) in [6.07, 6.45) is 0. The number of hydrogen-bond donors (Lipinski definition) is 4. The van der Waals surface area contributed by atoms with Gasteiger partial charge in [0, 0.05) is 5.39 Å². The smallest absolute Gasteiger partial charge is 0.754 e. The fourth-order valence-corrected chi connectivity index (χ4v) is 7.74. The Morgan fingerprint density at radius 1 is 0.550 bits per heavy atom. The Labute approximate surface area is 431 Å². The molecule has 0 aromatic heterocycles. The average molecular weight is 913 g/mol. The molecule has 0 atom stereocenters. The van der Waals surface area contributed by atoms with Crippen LogP contribution in [0.2, 0.25) is 0 Å². The van der Waals surface area contributed by atoms with E-state index in [4.69, 9.17) is 20.9 Å². The number of fused-ring (bicyclic) bond motifs is 2. The molecule has 6 aromatic rings. The third kappa shape index (κ3) is 11.0. The second kappa shape index (κ2) is 20.8. The maximum Gasteiger partial charge on any atom is 1.00 e. The standard InChI is InChI=1S/C34H27N6O13S3.4Na/c1-52-25-13-16(3-8-21(25)37-39-23-10-5-18-27(54(43,44)45)12-7-20(35)30(18)33(23)41)17-4-9-22(26(14-17)53-2)38-40-24-11-6-19-28(55(46,47)48)15-29(56(49,50)51)32(36)31(19)34(24)42;;;;/h3-6,8-15,41-42H,35-36H2,1-2H3,(H,43,44,45)(H,46,47,48)(H,49,50,51);;;;/q-1;4*+1/p-3. The van der Waals surface area contributed by atoms with Gasteiger partial charge in [-0.15, -0.1) is 25.8 Å². The van der Waals surface area contributed by atoms with E-state index < -0.39 is 73.0 Å². The summed E-state index contributed by atoms with van der Waals surface area (Å²) >= 11 is 0. The molecule has 0 aliphatic carbocycles. The Morgan fingerprint density at radius 3 is 1.35 bits per heavy atom. The van der Waals surface area contributed by atoms with E-state index >= 15 is 0 Å². The number of hydrogen-bond acceptors (Lipinski definition) is 19. The largest absolute Gasteiger partial charge is 1.00 e. The van der Waals surface area contributed by atoms with Crippen molar-refractivity contribution in [2.24, 2.45) is 20.5 Å². The first-order valence-corrected chi connectivity index (χ1v) is 19.6. The van der Waals surface area contributed by atoms with Crippen LogP contribution in [-0.2, 0) is 30.4 Å². The zero-order valence-corrected chi connectivity index (χ0v) is 42.9. The number of nitrogen functional groups attached to an aromatic ring is 2. The van der Waals surface area contributed by atoms with Crippen LogP contribution in [0.3, 0.4) is 0 Å². The minimum Gasteiger partial charge on any atom is -0.754 e. The minimum atomic E-state index is -5.38. The molecular formula is C34H24N6Na4O13S3. The molecule has 0 unspecified atom stereocenters. The molecule has 60 heavy (non-hydrogen) atoms. The van der Waals surface area contributed by atoms with E-state index in [9.17, 15) is 49.1 Å². The first kappa shape index (κ1) is 53.7. The number of azo groups is 2. The first-order chi connectivity index (χ1) is 26.2. The number of nitrogens with two attached hydrogens (primary N) is 2. The Bertz CT molecular complexity index is 3050. The van der Waals surface area contributed by atoms with E-state index in [0.29, 0.717) is 17.2 Å². The number of benzene rings is 6. The number of rotatable bonds is 10. The van der Waals surface area contributed by atoms with Crippen LogP contribution in [-0.4, -0.2) is 63.3 Å². The Balaban J connectivity index is 0.00000310. The third-order valence-electron chi connectivity index (χ3n) is 8.30. The van der Waals surface area contributed by atoms with Gasteiger partial charge >= 0.3 is 118 Å². The SMILES string of the molecule is COc1cc(-c2ccc(N=Nc3ccc4c(S(=O)(=O)[O-])cc(S(=O)(=O)[O-])c(N)c4c3O)c(OC)c2)ccc1N=Nc1ccc2c(S(=O)(=O)[O-])c[c-]c(N)c2c1O.[Na+].[Na+].[Na+].[Na+]. The molecule has 6 aromatic carbocycles. The van der Waals surface area contributed by atoms with Gasteiger partial charge in [-0.3, -0.25) is 8.42 Å². The number of anilines is 2. The summed E-state index contributed by atoms with van der Waals surface area (Å²) in [5.41, 5.74) is 11.9. The summed E-state index contributed by atoms with van der Waals surface area (Å²) in [6.45, 7) is 0. The van der Waals surface area contributed by atoms with E-state index in [1.54, 1.807) is 30.3 Å². The summed E-state index contributed by atoms with van der Waals surface area (Å²) < 4.78 is 117. The normalized spacial score (nSPS) is 11.8. The van der Waals surface area contributed by atoms with Gasteiger partial charge in [0.2, 0.25) is 0 Å². The maximum absolute atomic E-state index is 11.9. The van der Waals surface area contributed by atoms with E-state index in [0.717, 1.165) is 18.2 Å². The van der Waals surface area contributed by atoms with Gasteiger partial charge in [-0.1, -0.05) is 35.3 Å². The van der Waals surface area contributed by atoms with Crippen molar-refractivity contribution in [2.45, 2.75) is 14.7 Å². The Kier molecular flexibility index (Phi) is 18.6. The van der Waals surface area contributed by atoms with Crippen molar-refractivity contribution in [3.05, 3.63) is 78.9 Å². The number of ether oxygens (including phenoxy) is 2. The van der Waals surface area contributed by atoms with Crippen molar-refractivity contribution in [3.63, 3.8) is 0 Å². The van der Waals surface area contributed by atoms with Gasteiger partial charge in [-0.25, -0.2) is 16.8 Å². The fourth-order valence-electron chi connectivity index (χ4n) is 5.68. The Morgan fingerprint density at radius 2 is 0.933 bits per heavy atom. The van der Waals surface area contributed by atoms with Crippen LogP contribution in [0, 0.1) is 6.07 Å². The van der Waals surface area contributed by atoms with Crippen molar-refractivity contribution in [2.75, 3.05) is 25.7 Å². The van der Waals surface area contributed by atoms with Gasteiger partial charge in [0.25, 0.3) is 0 Å². The van der Waals surface area contributed by atoms with Gasteiger partial charge in [-0.05, 0) is 58.5 Å². The quantitative estimate of drug-likeness (QED) is 0.0327. The minimum absolute atomic E-state index is 0. The predicted octanol–water partition coefficient (Wildman–Crippen LogP) is -6.39. The number of nitrogens with zero attached hydrogens (tertiary/aromatic N) is 4. The number of aromatic hydroxyl groups is 2. The van der Waals surface area contributed by atoms with Crippen molar-refractivity contribution >= 4 is 86.0 Å². The van der Waals surface area contributed by atoms with Crippen LogP contribution in [0.1, 0.15) is 0 Å². The molecule has 290 valence electrons. The summed E-state index contributed by atoms with van der Waals surface area (Å²) in [5, 5.41) is 36.7. The molecule has 0 heterocycles. The van der Waals surface area contributed by atoms with Gasteiger partial charge in [-0.2, -0.15) is 12.1 Å². The van der Waals surface area contributed by atoms with Crippen LogP contribution >= 0.6 is 0 Å². The van der Waals surface area contributed by atoms with Crippen molar-refractivity contribution in [1.82, 2.24) is 0 Å². The summed E-state index contributed by atoms with van der Waals surface area (Å²) in [5.74, 6) is -0.960. The molecule has 0 radical (unpaired) electrons. The second-order valence-corrected chi connectivity index (χ2v) is 15.6. The zero-order chi connectivity index (χ0) is 40.9. The van der Waals surface area contributed by atoms with Gasteiger partial charge < -0.3 is 44.8 Å². The predicted molar refractivity (Wildman–Crippen MR) is 196 cm³/mol. The van der Waals surface area contributed by atoms with Gasteiger partial charge in [0.1, 0.15) is 54.5 Å². The van der Waals surface area contributed by atoms with E-state index in [1.807, 2.05) is 0 Å². The van der Waals surface area contributed by atoms with Crippen LogP contribution in [0.5, 0.6) is 23.0 Å². The fraction of sp³-hybridized carbons (Fsp3) is 0.0588. The van der Waals surface area contributed by atoms with Crippen LogP contribution in [0.4, 0.5) is 34.1 Å². The molecule has 0 amide bonds. The first-order valence-electron chi connectivity index (χ1n) is 15.4. The molecule has 0 bridgehead atoms. The molecule has 26 heteroatoms. The summed E-state index contributed by atoms with van der Waals surface area (Å²) in [7, 11) is -12.9. The molecule has 6 N–H and O–H groups in total. The van der Waals surface area contributed by atoms with Crippen LogP contribution < -0.4 is 139 Å². The molecule has 0 saturated heterocycles. The van der Waals surface area contributed by atoms with Crippen LogP contribution in [0.25, 0.3) is 32.7 Å². The molecule has 0 saturated carbocycles. The number of phenolic OH excluding ortho intramolecular Hbond substituents is 2. The molecule has 0 aliphatic heterocycles. The molecular weight excluding hydrogens is 889 g/mol. The zero-order valence-electron chi connectivity index (χ0n) is 32.5. The molecule has 19 nitrogen and oxygen atoms in total. The number of phenols is 2. The van der Waals surface area contributed by atoms with Crippen LogP contribution in [0.15, 0.2) is 108 Å². The summed E-state index contributed by atoms with van der Waals surface area (Å²) in [6, 6.07) is 17.9. The van der Waals surface area contributed by atoms with E-state index in [1.165, 1.54) is 32.4 Å².